The van der Waals surface area contributed by atoms with Gasteiger partial charge in [-0.05, 0) is 43.2 Å². The van der Waals surface area contributed by atoms with Crippen LogP contribution in [0.25, 0.3) is 0 Å². The van der Waals surface area contributed by atoms with Gasteiger partial charge in [-0.1, -0.05) is 96.3 Å². The fraction of sp³-hybridized carbons (Fsp3) is 0.500. The third-order valence-corrected chi connectivity index (χ3v) is 6.18. The standard InChI is InChI=1S/C24H38O4.C8H6O4/c1-3-5-7-9-11-13-18-27-23(25)21-16-15-17-22(20-21)24(26)28-19-14-12-10-8-6-4-2;9-7(10)5-3-1-2-4-6(5)8(11)12/h15-17,20H,3-14,18-19H2,1-2H3;1-4H,(H,9,10)(H,11,12). The van der Waals surface area contributed by atoms with Gasteiger partial charge in [0.05, 0.1) is 35.5 Å². The van der Waals surface area contributed by atoms with Crippen molar-refractivity contribution in [2.45, 2.75) is 90.9 Å². The molecule has 2 aromatic carbocycles. The van der Waals surface area contributed by atoms with Crippen LogP contribution in [0.15, 0.2) is 48.5 Å². The SMILES string of the molecule is CCCCCCCCOC(=O)c1cccc(C(=O)OCCCCCCCC)c1.O=C(O)c1ccccc1C(=O)O. The Labute approximate surface area is 237 Å². The number of carbonyl (C=O) groups excluding carboxylic acids is 2. The van der Waals surface area contributed by atoms with E-state index in [9.17, 15) is 19.2 Å². The number of rotatable bonds is 18. The number of carboxylic acid groups (broad SMARTS) is 2. The van der Waals surface area contributed by atoms with Crippen molar-refractivity contribution >= 4 is 23.9 Å². The molecule has 0 bridgehead atoms. The molecule has 0 unspecified atom stereocenters. The Bertz CT molecular complexity index is 968. The molecule has 2 aromatic rings. The fourth-order valence-electron chi connectivity index (χ4n) is 3.89. The van der Waals surface area contributed by atoms with Crippen molar-refractivity contribution < 1.29 is 38.9 Å². The maximum absolute atomic E-state index is 12.2. The molecule has 0 radical (unpaired) electrons. The van der Waals surface area contributed by atoms with Crippen molar-refractivity contribution in [1.82, 2.24) is 0 Å². The van der Waals surface area contributed by atoms with Crippen LogP contribution in [-0.4, -0.2) is 47.3 Å². The molecular weight excluding hydrogens is 512 g/mol. The minimum Gasteiger partial charge on any atom is -0.478 e. The van der Waals surface area contributed by atoms with Gasteiger partial charge in [0.15, 0.2) is 0 Å². The van der Waals surface area contributed by atoms with Crippen molar-refractivity contribution in [3.05, 3.63) is 70.8 Å². The first-order valence-corrected chi connectivity index (χ1v) is 14.3. The second-order valence-electron chi connectivity index (χ2n) is 9.54. The molecule has 0 saturated heterocycles. The zero-order chi connectivity index (χ0) is 29.6. The maximum Gasteiger partial charge on any atom is 0.338 e. The van der Waals surface area contributed by atoms with Crippen LogP contribution in [0.3, 0.4) is 0 Å². The van der Waals surface area contributed by atoms with Crippen LogP contribution in [0.1, 0.15) is 132 Å². The average Bonchev–Trinajstić information content (AvgIpc) is 2.96. The van der Waals surface area contributed by atoms with E-state index in [0.29, 0.717) is 24.3 Å². The summed E-state index contributed by atoms with van der Waals surface area (Å²) in [6, 6.07) is 12.1. The number of aromatic carboxylic acids is 2. The fourth-order valence-corrected chi connectivity index (χ4v) is 3.89. The number of unbranched alkanes of at least 4 members (excludes halogenated alkanes) is 10. The van der Waals surface area contributed by atoms with Crippen LogP contribution in [0.4, 0.5) is 0 Å². The first kappa shape index (κ1) is 34.3. The van der Waals surface area contributed by atoms with Crippen LogP contribution in [0.2, 0.25) is 0 Å². The molecule has 0 fully saturated rings. The number of benzene rings is 2. The lowest BCUT2D eigenvalue weighted by atomic mass is 10.1. The molecule has 0 saturated carbocycles. The van der Waals surface area contributed by atoms with E-state index in [2.05, 4.69) is 13.8 Å². The van der Waals surface area contributed by atoms with E-state index in [1.54, 1.807) is 24.3 Å². The second kappa shape index (κ2) is 21.2. The van der Waals surface area contributed by atoms with Crippen LogP contribution in [0, 0.1) is 0 Å². The smallest absolute Gasteiger partial charge is 0.338 e. The third-order valence-electron chi connectivity index (χ3n) is 6.18. The summed E-state index contributed by atoms with van der Waals surface area (Å²) in [5, 5.41) is 17.1. The van der Waals surface area contributed by atoms with Crippen molar-refractivity contribution in [3.8, 4) is 0 Å². The van der Waals surface area contributed by atoms with E-state index in [0.717, 1.165) is 25.7 Å². The summed E-state index contributed by atoms with van der Waals surface area (Å²) < 4.78 is 10.6. The normalized spacial score (nSPS) is 10.2. The number of hydrogen-bond acceptors (Lipinski definition) is 6. The highest BCUT2D eigenvalue weighted by molar-refractivity contribution is 6.01. The molecule has 0 spiro atoms. The highest BCUT2D eigenvalue weighted by Gasteiger charge is 2.14. The van der Waals surface area contributed by atoms with Gasteiger partial charge >= 0.3 is 23.9 Å². The maximum atomic E-state index is 12.2. The quantitative estimate of drug-likeness (QED) is 0.141. The largest absolute Gasteiger partial charge is 0.478 e. The number of carbonyl (C=O) groups is 4. The van der Waals surface area contributed by atoms with E-state index >= 15 is 0 Å². The molecule has 8 nitrogen and oxygen atoms in total. The summed E-state index contributed by atoms with van der Waals surface area (Å²) in [5.41, 5.74) is 0.426. The molecule has 0 heterocycles. The minimum absolute atomic E-state index is 0.190. The van der Waals surface area contributed by atoms with Crippen LogP contribution in [0.5, 0.6) is 0 Å². The summed E-state index contributed by atoms with van der Waals surface area (Å²) in [5.74, 6) is -3.21. The van der Waals surface area contributed by atoms with Crippen LogP contribution < -0.4 is 0 Å². The molecule has 0 atom stereocenters. The Hall–Kier alpha value is -3.68. The molecule has 0 aliphatic rings. The number of ether oxygens (including phenoxy) is 2. The molecule has 2 N–H and O–H groups in total. The zero-order valence-corrected chi connectivity index (χ0v) is 23.9. The first-order chi connectivity index (χ1) is 19.3. The Balaban J connectivity index is 0.000000552. The van der Waals surface area contributed by atoms with Crippen molar-refractivity contribution in [2.75, 3.05) is 13.2 Å². The van der Waals surface area contributed by atoms with E-state index in [1.165, 1.54) is 75.6 Å². The van der Waals surface area contributed by atoms with Gasteiger partial charge in [0.25, 0.3) is 0 Å². The molecule has 0 aliphatic carbocycles. The van der Waals surface area contributed by atoms with Gasteiger partial charge in [-0.3, -0.25) is 0 Å². The number of esters is 2. The molecule has 8 heteroatoms. The lowest BCUT2D eigenvalue weighted by Gasteiger charge is -2.07. The highest BCUT2D eigenvalue weighted by atomic mass is 16.5. The lowest BCUT2D eigenvalue weighted by Crippen LogP contribution is -2.10. The van der Waals surface area contributed by atoms with E-state index in [-0.39, 0.29) is 23.1 Å². The Kier molecular flexibility index (Phi) is 18.2. The third kappa shape index (κ3) is 14.5. The van der Waals surface area contributed by atoms with Gasteiger partial charge < -0.3 is 19.7 Å². The average molecular weight is 557 g/mol. The predicted octanol–water partition coefficient (Wildman–Crippen LogP) is 7.80. The van der Waals surface area contributed by atoms with Crippen molar-refractivity contribution in [1.29, 1.82) is 0 Å². The Morgan fingerprint density at radius 2 is 0.925 bits per heavy atom. The van der Waals surface area contributed by atoms with Gasteiger partial charge in [0, 0.05) is 0 Å². The van der Waals surface area contributed by atoms with E-state index in [4.69, 9.17) is 19.7 Å². The summed E-state index contributed by atoms with van der Waals surface area (Å²) in [7, 11) is 0. The molecule has 0 amide bonds. The number of hydrogen-bond donors (Lipinski definition) is 2. The highest BCUT2D eigenvalue weighted by Crippen LogP contribution is 2.12. The van der Waals surface area contributed by atoms with E-state index in [1.807, 2.05) is 0 Å². The first-order valence-electron chi connectivity index (χ1n) is 14.3. The number of carboxylic acids is 2. The van der Waals surface area contributed by atoms with Crippen LogP contribution in [-0.2, 0) is 9.47 Å². The topological polar surface area (TPSA) is 127 Å². The van der Waals surface area contributed by atoms with Crippen molar-refractivity contribution in [2.24, 2.45) is 0 Å². The summed E-state index contributed by atoms with van der Waals surface area (Å²) in [6.45, 7) is 5.25. The summed E-state index contributed by atoms with van der Waals surface area (Å²) in [6.07, 6.45) is 13.8. The van der Waals surface area contributed by atoms with Crippen molar-refractivity contribution in [3.63, 3.8) is 0 Å². The van der Waals surface area contributed by atoms with Gasteiger partial charge in [-0.15, -0.1) is 0 Å². The van der Waals surface area contributed by atoms with E-state index < -0.39 is 11.9 Å². The Morgan fingerprint density at radius 1 is 0.550 bits per heavy atom. The zero-order valence-electron chi connectivity index (χ0n) is 23.9. The molecule has 40 heavy (non-hydrogen) atoms. The van der Waals surface area contributed by atoms with Crippen LogP contribution >= 0.6 is 0 Å². The molecule has 2 rings (SSSR count). The minimum atomic E-state index is -1.23. The van der Waals surface area contributed by atoms with Gasteiger partial charge in [0.1, 0.15) is 0 Å². The monoisotopic (exact) mass is 556 g/mol. The summed E-state index contributed by atoms with van der Waals surface area (Å²) in [4.78, 5) is 45.3. The Morgan fingerprint density at radius 3 is 1.30 bits per heavy atom. The molecule has 220 valence electrons. The molecule has 0 aromatic heterocycles. The second-order valence-corrected chi connectivity index (χ2v) is 9.54. The lowest BCUT2D eigenvalue weighted by molar-refractivity contribution is 0.0494. The molecular formula is C32H44O8. The van der Waals surface area contributed by atoms with Gasteiger partial charge in [-0.25, -0.2) is 19.2 Å². The van der Waals surface area contributed by atoms with Gasteiger partial charge in [-0.2, -0.15) is 0 Å². The molecule has 0 aliphatic heterocycles. The summed E-state index contributed by atoms with van der Waals surface area (Å²) >= 11 is 0. The predicted molar refractivity (Wildman–Crippen MR) is 154 cm³/mol. The van der Waals surface area contributed by atoms with Gasteiger partial charge in [0.2, 0.25) is 0 Å².